The second-order valence-electron chi connectivity index (χ2n) is 9.53. The number of rotatable bonds is 6. The minimum atomic E-state index is -0.0112. The maximum absolute atomic E-state index is 5.56. The van der Waals surface area contributed by atoms with E-state index in [-0.39, 0.29) is 16.2 Å². The Morgan fingerprint density at radius 1 is 0.963 bits per heavy atom. The van der Waals surface area contributed by atoms with Crippen molar-refractivity contribution in [3.63, 3.8) is 0 Å². The number of hydrogen-bond acceptors (Lipinski definition) is 2. The summed E-state index contributed by atoms with van der Waals surface area (Å²) in [5.41, 5.74) is 6.84. The molecule has 0 radical (unpaired) electrons. The van der Waals surface area contributed by atoms with Gasteiger partial charge in [0.25, 0.3) is 0 Å². The Hall–Kier alpha value is -1.67. The van der Waals surface area contributed by atoms with Gasteiger partial charge in [-0.2, -0.15) is 0 Å². The lowest BCUT2D eigenvalue weighted by Crippen LogP contribution is -2.31. The van der Waals surface area contributed by atoms with Crippen molar-refractivity contribution < 1.29 is 4.74 Å². The fourth-order valence-corrected chi connectivity index (χ4v) is 5.21. The van der Waals surface area contributed by atoms with Crippen LogP contribution in [-0.4, -0.2) is 18.7 Å². The van der Waals surface area contributed by atoms with Crippen LogP contribution in [-0.2, 0) is 21.0 Å². The van der Waals surface area contributed by atoms with E-state index in [0.717, 1.165) is 24.2 Å². The molecule has 0 fully saturated rings. The molecule has 2 aromatic rings. The Labute approximate surface area is 165 Å². The van der Waals surface area contributed by atoms with Gasteiger partial charge < -0.3 is 4.74 Å². The Kier molecular flexibility index (Phi) is 5.24. The molecule has 146 valence electrons. The average Bonchev–Trinajstić information content (AvgIpc) is 2.84. The van der Waals surface area contributed by atoms with Crippen molar-refractivity contribution in [1.29, 1.82) is 0 Å². The molecule has 0 N–H and O–H groups in total. The first kappa shape index (κ1) is 20.1. The van der Waals surface area contributed by atoms with Crippen LogP contribution >= 0.6 is 0 Å². The van der Waals surface area contributed by atoms with Crippen LogP contribution in [0.25, 0.3) is 11.3 Å². The standard InChI is InChI=1S/C25H35NO/c1-8-25(9-2,17-27-7)22-12-10-11-21(26-22)18-13-14-19-20(15-18)24(5,6)16-23(19,3)4/h10-15H,8-9,16-17H2,1-7H3. The maximum atomic E-state index is 5.56. The van der Waals surface area contributed by atoms with Gasteiger partial charge in [-0.25, -0.2) is 0 Å². The van der Waals surface area contributed by atoms with Crippen LogP contribution in [0.3, 0.4) is 0 Å². The van der Waals surface area contributed by atoms with Gasteiger partial charge in [0.15, 0.2) is 0 Å². The van der Waals surface area contributed by atoms with Gasteiger partial charge in [-0.05, 0) is 59.4 Å². The fourth-order valence-electron chi connectivity index (χ4n) is 5.21. The summed E-state index contributed by atoms with van der Waals surface area (Å²) in [4.78, 5) is 5.11. The van der Waals surface area contributed by atoms with Crippen LogP contribution in [0, 0.1) is 0 Å². The molecule has 1 aromatic heterocycles. The Morgan fingerprint density at radius 3 is 2.26 bits per heavy atom. The third kappa shape index (κ3) is 3.45. The summed E-state index contributed by atoms with van der Waals surface area (Å²) < 4.78 is 5.56. The molecule has 0 saturated heterocycles. The van der Waals surface area contributed by atoms with Crippen molar-refractivity contribution >= 4 is 0 Å². The summed E-state index contributed by atoms with van der Waals surface area (Å²) in [6, 6.07) is 13.4. The van der Waals surface area contributed by atoms with Crippen LogP contribution in [0.1, 0.15) is 77.6 Å². The molecule has 1 aliphatic rings. The molecular formula is C25H35NO. The first-order valence-electron chi connectivity index (χ1n) is 10.3. The highest BCUT2D eigenvalue weighted by molar-refractivity contribution is 5.64. The van der Waals surface area contributed by atoms with Gasteiger partial charge >= 0.3 is 0 Å². The molecule has 1 aliphatic carbocycles. The van der Waals surface area contributed by atoms with Crippen molar-refractivity contribution in [1.82, 2.24) is 4.98 Å². The normalized spacial score (nSPS) is 17.7. The second kappa shape index (κ2) is 7.05. The molecule has 2 heteroatoms. The van der Waals surface area contributed by atoms with Gasteiger partial charge in [0.05, 0.1) is 12.3 Å². The summed E-state index contributed by atoms with van der Waals surface area (Å²) in [5.74, 6) is 0. The largest absolute Gasteiger partial charge is 0.384 e. The number of methoxy groups -OCH3 is 1. The third-order valence-electron chi connectivity index (χ3n) is 6.72. The van der Waals surface area contributed by atoms with Gasteiger partial charge in [0, 0.05) is 23.8 Å². The fraction of sp³-hybridized carbons (Fsp3) is 0.560. The number of ether oxygens (including phenoxy) is 1. The molecule has 0 spiro atoms. The van der Waals surface area contributed by atoms with Gasteiger partial charge in [-0.1, -0.05) is 59.7 Å². The highest BCUT2D eigenvalue weighted by Gasteiger charge is 2.41. The van der Waals surface area contributed by atoms with Gasteiger partial charge in [-0.3, -0.25) is 4.98 Å². The van der Waals surface area contributed by atoms with Crippen LogP contribution in [0.2, 0.25) is 0 Å². The summed E-state index contributed by atoms with van der Waals surface area (Å²) in [5, 5.41) is 0. The molecule has 27 heavy (non-hydrogen) atoms. The first-order valence-corrected chi connectivity index (χ1v) is 10.3. The lowest BCUT2D eigenvalue weighted by molar-refractivity contribution is 0.121. The number of pyridine rings is 1. The molecular weight excluding hydrogens is 330 g/mol. The molecule has 0 bridgehead atoms. The monoisotopic (exact) mass is 365 g/mol. The van der Waals surface area contributed by atoms with E-state index in [2.05, 4.69) is 77.9 Å². The minimum Gasteiger partial charge on any atom is -0.384 e. The van der Waals surface area contributed by atoms with Gasteiger partial charge in [-0.15, -0.1) is 0 Å². The highest BCUT2D eigenvalue weighted by Crippen LogP contribution is 2.50. The van der Waals surface area contributed by atoms with E-state index in [4.69, 9.17) is 9.72 Å². The van der Waals surface area contributed by atoms with Gasteiger partial charge in [0.2, 0.25) is 0 Å². The smallest absolute Gasteiger partial charge is 0.0705 e. The van der Waals surface area contributed by atoms with Crippen LogP contribution in [0.4, 0.5) is 0 Å². The van der Waals surface area contributed by atoms with Crippen molar-refractivity contribution in [2.45, 2.75) is 77.0 Å². The van der Waals surface area contributed by atoms with Crippen molar-refractivity contribution in [2.75, 3.05) is 13.7 Å². The molecule has 3 rings (SSSR count). The summed E-state index contributed by atoms with van der Waals surface area (Å²) >= 11 is 0. The second-order valence-corrected chi connectivity index (χ2v) is 9.53. The Bertz CT molecular complexity index is 815. The zero-order valence-corrected chi connectivity index (χ0v) is 18.1. The van der Waals surface area contributed by atoms with Crippen molar-refractivity contribution in [3.8, 4) is 11.3 Å². The van der Waals surface area contributed by atoms with E-state index < -0.39 is 0 Å². The number of fused-ring (bicyclic) bond motifs is 1. The topological polar surface area (TPSA) is 22.1 Å². The molecule has 0 saturated carbocycles. The SMILES string of the molecule is CCC(CC)(COC)c1cccc(-c2ccc3c(c2)C(C)(C)CC3(C)C)n1. The van der Waals surface area contributed by atoms with Crippen LogP contribution < -0.4 is 0 Å². The summed E-state index contributed by atoms with van der Waals surface area (Å²) in [7, 11) is 1.79. The van der Waals surface area contributed by atoms with Crippen LogP contribution in [0.5, 0.6) is 0 Å². The predicted octanol–water partition coefficient (Wildman–Crippen LogP) is 6.41. The number of aromatic nitrogens is 1. The van der Waals surface area contributed by atoms with Crippen molar-refractivity contribution in [3.05, 3.63) is 53.2 Å². The molecule has 0 amide bonds. The van der Waals surface area contributed by atoms with Crippen molar-refractivity contribution in [2.24, 2.45) is 0 Å². The van der Waals surface area contributed by atoms with Crippen LogP contribution in [0.15, 0.2) is 36.4 Å². The molecule has 1 aromatic carbocycles. The molecule has 0 aliphatic heterocycles. The molecule has 0 atom stereocenters. The lowest BCUT2D eigenvalue weighted by atomic mass is 9.79. The quantitative estimate of drug-likeness (QED) is 0.590. The summed E-state index contributed by atoms with van der Waals surface area (Å²) in [6.45, 7) is 14.6. The van der Waals surface area contributed by atoms with E-state index in [1.165, 1.54) is 23.1 Å². The summed E-state index contributed by atoms with van der Waals surface area (Å²) in [6.07, 6.45) is 3.24. The van der Waals surface area contributed by atoms with E-state index in [1.807, 2.05) is 0 Å². The molecule has 1 heterocycles. The third-order valence-corrected chi connectivity index (χ3v) is 6.72. The zero-order chi connectivity index (χ0) is 19.9. The highest BCUT2D eigenvalue weighted by atomic mass is 16.5. The number of hydrogen-bond donors (Lipinski definition) is 0. The maximum Gasteiger partial charge on any atom is 0.0705 e. The zero-order valence-electron chi connectivity index (χ0n) is 18.1. The first-order chi connectivity index (χ1) is 12.7. The van der Waals surface area contributed by atoms with E-state index >= 15 is 0 Å². The average molecular weight is 366 g/mol. The number of nitrogens with zero attached hydrogens (tertiary/aromatic N) is 1. The Balaban J connectivity index is 2.07. The van der Waals surface area contributed by atoms with E-state index in [9.17, 15) is 0 Å². The van der Waals surface area contributed by atoms with E-state index in [0.29, 0.717) is 6.61 Å². The number of benzene rings is 1. The minimum absolute atomic E-state index is 0.0112. The van der Waals surface area contributed by atoms with E-state index in [1.54, 1.807) is 7.11 Å². The molecule has 2 nitrogen and oxygen atoms in total. The Morgan fingerprint density at radius 2 is 1.63 bits per heavy atom. The molecule has 0 unspecified atom stereocenters. The lowest BCUT2D eigenvalue weighted by Gasteiger charge is -2.30. The van der Waals surface area contributed by atoms with Gasteiger partial charge in [0.1, 0.15) is 0 Å². The predicted molar refractivity (Wildman–Crippen MR) is 114 cm³/mol.